The summed E-state index contributed by atoms with van der Waals surface area (Å²) in [5, 5.41) is 0. The first-order valence-electron chi connectivity index (χ1n) is 7.62. The molecule has 1 amide bonds. The summed E-state index contributed by atoms with van der Waals surface area (Å²) in [4.78, 5) is 16.3. The van der Waals surface area contributed by atoms with Crippen LogP contribution in [0.2, 0.25) is 0 Å². The second-order valence-electron chi connectivity index (χ2n) is 7.46. The van der Waals surface area contributed by atoms with Crippen LogP contribution in [-0.4, -0.2) is 61.3 Å². The number of hydrogen-bond acceptors (Lipinski definition) is 4. The zero-order valence-electron chi connectivity index (χ0n) is 13.3. The Balaban J connectivity index is 1.93. The Morgan fingerprint density at radius 3 is 2.45 bits per heavy atom. The van der Waals surface area contributed by atoms with Gasteiger partial charge in [-0.3, -0.25) is 0 Å². The molecule has 2 saturated heterocycles. The van der Waals surface area contributed by atoms with Gasteiger partial charge in [0.1, 0.15) is 5.60 Å². The van der Waals surface area contributed by atoms with E-state index in [1.807, 2.05) is 25.7 Å². The lowest BCUT2D eigenvalue weighted by atomic mass is 9.71. The van der Waals surface area contributed by atoms with E-state index < -0.39 is 5.60 Å². The Labute approximate surface area is 122 Å². The summed E-state index contributed by atoms with van der Waals surface area (Å²) in [5.74, 6) is 0.563. The van der Waals surface area contributed by atoms with Crippen molar-refractivity contribution in [2.45, 2.75) is 39.2 Å². The molecule has 1 atom stereocenters. The normalized spacial score (nSPS) is 27.1. The van der Waals surface area contributed by atoms with Gasteiger partial charge in [0.05, 0.1) is 0 Å². The third kappa shape index (κ3) is 3.26. The van der Waals surface area contributed by atoms with Crippen molar-refractivity contribution in [3.63, 3.8) is 0 Å². The van der Waals surface area contributed by atoms with E-state index in [2.05, 4.69) is 11.9 Å². The van der Waals surface area contributed by atoms with Crippen molar-refractivity contribution in [3.8, 4) is 0 Å². The zero-order valence-corrected chi connectivity index (χ0v) is 13.3. The van der Waals surface area contributed by atoms with E-state index in [4.69, 9.17) is 10.5 Å². The molecule has 0 aliphatic carbocycles. The second kappa shape index (κ2) is 5.53. The van der Waals surface area contributed by atoms with Gasteiger partial charge in [0.25, 0.3) is 0 Å². The summed E-state index contributed by atoms with van der Waals surface area (Å²) in [6.07, 6.45) is 1.90. The van der Waals surface area contributed by atoms with Gasteiger partial charge >= 0.3 is 6.09 Å². The maximum atomic E-state index is 12.1. The van der Waals surface area contributed by atoms with Crippen molar-refractivity contribution in [2.24, 2.45) is 17.1 Å². The largest absolute Gasteiger partial charge is 0.444 e. The number of nitrogens with zero attached hydrogens (tertiary/aromatic N) is 2. The van der Waals surface area contributed by atoms with Gasteiger partial charge in [-0.05, 0) is 58.5 Å². The molecule has 0 aromatic carbocycles. The number of piperidine rings is 1. The monoisotopic (exact) mass is 283 g/mol. The molecular formula is C15H29N3O2. The maximum absolute atomic E-state index is 12.1. The fourth-order valence-corrected chi connectivity index (χ4v) is 3.65. The fourth-order valence-electron chi connectivity index (χ4n) is 3.65. The smallest absolute Gasteiger partial charge is 0.410 e. The molecule has 0 radical (unpaired) electrons. The molecule has 2 N–H and O–H groups in total. The van der Waals surface area contributed by atoms with Crippen LogP contribution in [0.4, 0.5) is 4.79 Å². The molecule has 1 spiro atoms. The molecular weight excluding hydrogens is 254 g/mol. The molecule has 1 unspecified atom stereocenters. The van der Waals surface area contributed by atoms with Gasteiger partial charge in [0, 0.05) is 26.2 Å². The number of carbonyl (C=O) groups is 1. The molecule has 2 rings (SSSR count). The van der Waals surface area contributed by atoms with Gasteiger partial charge < -0.3 is 20.3 Å². The van der Waals surface area contributed by atoms with Gasteiger partial charge in [-0.15, -0.1) is 0 Å². The first-order valence-corrected chi connectivity index (χ1v) is 7.62. The standard InChI is InChI=1S/C15H29N3O2/c1-14(2,3)20-13(19)18-7-5-15(6-8-18)11-17(4)10-12(15)9-16/h12H,5-11,16H2,1-4H3. The van der Waals surface area contributed by atoms with Crippen molar-refractivity contribution in [3.05, 3.63) is 0 Å². The quantitative estimate of drug-likeness (QED) is 0.793. The highest BCUT2D eigenvalue weighted by atomic mass is 16.6. The predicted octanol–water partition coefficient (Wildman–Crippen LogP) is 1.52. The number of likely N-dealkylation sites (tertiary alicyclic amines) is 2. The van der Waals surface area contributed by atoms with E-state index in [0.29, 0.717) is 11.3 Å². The van der Waals surface area contributed by atoms with Crippen molar-refractivity contribution < 1.29 is 9.53 Å². The Morgan fingerprint density at radius 2 is 1.95 bits per heavy atom. The average Bonchev–Trinajstić information content (AvgIpc) is 2.64. The predicted molar refractivity (Wildman–Crippen MR) is 79.5 cm³/mol. The van der Waals surface area contributed by atoms with Gasteiger partial charge in [-0.1, -0.05) is 0 Å². The highest BCUT2D eigenvalue weighted by Gasteiger charge is 2.47. The molecule has 2 aliphatic heterocycles. The van der Waals surface area contributed by atoms with Gasteiger partial charge in [0.2, 0.25) is 0 Å². The lowest BCUT2D eigenvalue weighted by molar-refractivity contribution is 0.00658. The summed E-state index contributed by atoms with van der Waals surface area (Å²) in [6, 6.07) is 0. The number of rotatable bonds is 1. The van der Waals surface area contributed by atoms with E-state index >= 15 is 0 Å². The number of ether oxygens (including phenoxy) is 1. The summed E-state index contributed by atoms with van der Waals surface area (Å²) in [5.41, 5.74) is 5.84. The van der Waals surface area contributed by atoms with Gasteiger partial charge in [-0.2, -0.15) is 0 Å². The van der Waals surface area contributed by atoms with Crippen molar-refractivity contribution >= 4 is 6.09 Å². The third-order valence-electron chi connectivity index (χ3n) is 4.68. The number of amides is 1. The van der Waals surface area contributed by atoms with Crippen LogP contribution in [0, 0.1) is 11.3 Å². The molecule has 2 fully saturated rings. The molecule has 116 valence electrons. The molecule has 20 heavy (non-hydrogen) atoms. The Hall–Kier alpha value is -0.810. The lowest BCUT2D eigenvalue weighted by Gasteiger charge is -2.42. The first kappa shape index (κ1) is 15.6. The minimum Gasteiger partial charge on any atom is -0.444 e. The highest BCUT2D eigenvalue weighted by molar-refractivity contribution is 5.68. The molecule has 5 nitrogen and oxygen atoms in total. The van der Waals surface area contributed by atoms with Crippen LogP contribution >= 0.6 is 0 Å². The minimum absolute atomic E-state index is 0.178. The number of hydrogen-bond donors (Lipinski definition) is 1. The summed E-state index contributed by atoms with van der Waals surface area (Å²) in [7, 11) is 2.16. The Kier molecular flexibility index (Phi) is 4.30. The SMILES string of the molecule is CN1CC(CN)C2(CCN(C(=O)OC(C)(C)C)CC2)C1. The van der Waals surface area contributed by atoms with Crippen LogP contribution in [0.15, 0.2) is 0 Å². The van der Waals surface area contributed by atoms with Crippen LogP contribution in [-0.2, 0) is 4.74 Å². The molecule has 0 aromatic heterocycles. The van der Waals surface area contributed by atoms with Crippen molar-refractivity contribution in [1.82, 2.24) is 9.80 Å². The van der Waals surface area contributed by atoms with Crippen LogP contribution in [0.3, 0.4) is 0 Å². The van der Waals surface area contributed by atoms with Crippen LogP contribution in [0.25, 0.3) is 0 Å². The Bertz CT molecular complexity index is 357. The van der Waals surface area contributed by atoms with Gasteiger partial charge in [-0.25, -0.2) is 4.79 Å². The van der Waals surface area contributed by atoms with E-state index in [-0.39, 0.29) is 6.09 Å². The maximum Gasteiger partial charge on any atom is 0.410 e. The van der Waals surface area contributed by atoms with Crippen molar-refractivity contribution in [1.29, 1.82) is 0 Å². The molecule has 2 aliphatic rings. The second-order valence-corrected chi connectivity index (χ2v) is 7.46. The van der Waals surface area contributed by atoms with E-state index in [9.17, 15) is 4.79 Å². The fraction of sp³-hybridized carbons (Fsp3) is 0.933. The highest BCUT2D eigenvalue weighted by Crippen LogP contribution is 2.43. The topological polar surface area (TPSA) is 58.8 Å². The number of nitrogens with two attached hydrogens (primary N) is 1. The lowest BCUT2D eigenvalue weighted by Crippen LogP contribution is -2.48. The number of carbonyl (C=O) groups excluding carboxylic acids is 1. The molecule has 0 saturated carbocycles. The van der Waals surface area contributed by atoms with E-state index in [0.717, 1.165) is 45.6 Å². The van der Waals surface area contributed by atoms with Crippen molar-refractivity contribution in [2.75, 3.05) is 39.8 Å². The Morgan fingerprint density at radius 1 is 1.35 bits per heavy atom. The zero-order chi connectivity index (χ0) is 15.0. The summed E-state index contributed by atoms with van der Waals surface area (Å²) >= 11 is 0. The van der Waals surface area contributed by atoms with E-state index in [1.54, 1.807) is 0 Å². The molecule has 5 heteroatoms. The van der Waals surface area contributed by atoms with Crippen LogP contribution in [0.1, 0.15) is 33.6 Å². The van der Waals surface area contributed by atoms with Gasteiger partial charge in [0.15, 0.2) is 0 Å². The summed E-state index contributed by atoms with van der Waals surface area (Å²) in [6.45, 7) is 10.3. The molecule has 0 bridgehead atoms. The van der Waals surface area contributed by atoms with Crippen LogP contribution < -0.4 is 5.73 Å². The van der Waals surface area contributed by atoms with Crippen LogP contribution in [0.5, 0.6) is 0 Å². The average molecular weight is 283 g/mol. The third-order valence-corrected chi connectivity index (χ3v) is 4.68. The van der Waals surface area contributed by atoms with E-state index in [1.165, 1.54) is 0 Å². The first-order chi connectivity index (χ1) is 9.26. The minimum atomic E-state index is -0.417. The molecule has 2 heterocycles. The summed E-state index contributed by atoms with van der Waals surface area (Å²) < 4.78 is 5.45. The molecule has 0 aromatic rings.